The first kappa shape index (κ1) is 13.5. The minimum atomic E-state index is 0.286. The van der Waals surface area contributed by atoms with E-state index >= 15 is 0 Å². The largest absolute Gasteiger partial charge is 0.438 e. The van der Waals surface area contributed by atoms with Gasteiger partial charge in [-0.15, -0.1) is 0 Å². The molecule has 1 heterocycles. The molecule has 3 nitrogen and oxygen atoms in total. The zero-order chi connectivity index (χ0) is 13.8. The molecule has 0 saturated heterocycles. The van der Waals surface area contributed by atoms with Gasteiger partial charge in [-0.3, -0.25) is 0 Å². The summed E-state index contributed by atoms with van der Waals surface area (Å²) in [6.45, 7) is 4.00. The van der Waals surface area contributed by atoms with E-state index < -0.39 is 0 Å². The van der Waals surface area contributed by atoms with Crippen molar-refractivity contribution < 1.29 is 4.74 Å². The Morgan fingerprint density at radius 2 is 2.11 bits per heavy atom. The highest BCUT2D eigenvalue weighted by Crippen LogP contribution is 2.24. The molecule has 0 aliphatic carbocycles. The van der Waals surface area contributed by atoms with E-state index in [1.807, 2.05) is 37.3 Å². The van der Waals surface area contributed by atoms with Crippen molar-refractivity contribution in [2.45, 2.75) is 20.3 Å². The van der Waals surface area contributed by atoms with Gasteiger partial charge in [-0.2, -0.15) is 0 Å². The van der Waals surface area contributed by atoms with E-state index in [4.69, 9.17) is 22.7 Å². The first-order valence-electron chi connectivity index (χ1n) is 6.14. The molecule has 0 unspecified atom stereocenters. The Labute approximate surface area is 118 Å². The molecule has 0 spiro atoms. The van der Waals surface area contributed by atoms with Gasteiger partial charge in [0, 0.05) is 5.69 Å². The van der Waals surface area contributed by atoms with Gasteiger partial charge in [-0.25, -0.2) is 4.98 Å². The van der Waals surface area contributed by atoms with Crippen LogP contribution in [-0.2, 0) is 6.42 Å². The van der Waals surface area contributed by atoms with Crippen LogP contribution >= 0.6 is 12.2 Å². The first-order chi connectivity index (χ1) is 9.10. The topological polar surface area (TPSA) is 48.1 Å². The second kappa shape index (κ2) is 5.80. The van der Waals surface area contributed by atoms with Gasteiger partial charge >= 0.3 is 0 Å². The van der Waals surface area contributed by atoms with Crippen LogP contribution in [0.4, 0.5) is 0 Å². The molecule has 0 fully saturated rings. The summed E-state index contributed by atoms with van der Waals surface area (Å²) in [5.74, 6) is 1.20. The predicted molar refractivity (Wildman–Crippen MR) is 80.8 cm³/mol. The lowest BCUT2D eigenvalue weighted by Gasteiger charge is -2.10. The molecule has 2 rings (SSSR count). The van der Waals surface area contributed by atoms with Crippen LogP contribution in [0.1, 0.15) is 23.7 Å². The lowest BCUT2D eigenvalue weighted by Crippen LogP contribution is -2.12. The SMILES string of the molecule is CCc1cccc(Oc2nc(C)ccc2C(N)=S)c1. The third kappa shape index (κ3) is 3.29. The second-order valence-corrected chi connectivity index (χ2v) is 4.71. The fourth-order valence-corrected chi connectivity index (χ4v) is 1.89. The molecule has 0 radical (unpaired) electrons. The normalized spacial score (nSPS) is 10.2. The smallest absolute Gasteiger partial charge is 0.229 e. The van der Waals surface area contributed by atoms with Crippen LogP contribution in [0, 0.1) is 6.92 Å². The third-order valence-electron chi connectivity index (χ3n) is 2.79. The van der Waals surface area contributed by atoms with Gasteiger partial charge in [0.1, 0.15) is 10.7 Å². The summed E-state index contributed by atoms with van der Waals surface area (Å²) in [5, 5.41) is 0. The molecule has 2 N–H and O–H groups in total. The van der Waals surface area contributed by atoms with Crippen molar-refractivity contribution in [1.82, 2.24) is 4.98 Å². The fraction of sp³-hybridized carbons (Fsp3) is 0.200. The van der Waals surface area contributed by atoms with E-state index in [2.05, 4.69) is 18.0 Å². The predicted octanol–water partition coefficient (Wildman–Crippen LogP) is 3.38. The summed E-state index contributed by atoms with van der Waals surface area (Å²) < 4.78 is 5.82. The van der Waals surface area contributed by atoms with Crippen LogP contribution in [-0.4, -0.2) is 9.97 Å². The Bertz CT molecular complexity index is 611. The highest BCUT2D eigenvalue weighted by molar-refractivity contribution is 7.80. The summed E-state index contributed by atoms with van der Waals surface area (Å²) in [6, 6.07) is 11.6. The fourth-order valence-electron chi connectivity index (χ4n) is 1.74. The molecule has 1 aromatic carbocycles. The monoisotopic (exact) mass is 272 g/mol. The van der Waals surface area contributed by atoms with Crippen LogP contribution in [0.2, 0.25) is 0 Å². The highest BCUT2D eigenvalue weighted by atomic mass is 32.1. The van der Waals surface area contributed by atoms with Gasteiger partial charge in [-0.05, 0) is 43.2 Å². The molecule has 0 aliphatic heterocycles. The minimum Gasteiger partial charge on any atom is -0.438 e. The zero-order valence-electron chi connectivity index (χ0n) is 11.0. The van der Waals surface area contributed by atoms with Crippen molar-refractivity contribution in [2.24, 2.45) is 5.73 Å². The van der Waals surface area contributed by atoms with Crippen molar-refractivity contribution in [2.75, 3.05) is 0 Å². The van der Waals surface area contributed by atoms with E-state index in [9.17, 15) is 0 Å². The molecule has 98 valence electrons. The van der Waals surface area contributed by atoms with Crippen LogP contribution in [0.5, 0.6) is 11.6 Å². The molecule has 0 bridgehead atoms. The average Bonchev–Trinajstić information content (AvgIpc) is 2.38. The number of hydrogen-bond acceptors (Lipinski definition) is 3. The molecule has 4 heteroatoms. The molecule has 0 amide bonds. The average molecular weight is 272 g/mol. The number of rotatable bonds is 4. The summed E-state index contributed by atoms with van der Waals surface area (Å²) in [5.41, 5.74) is 8.41. The maximum atomic E-state index is 5.82. The molecule has 1 aromatic heterocycles. The zero-order valence-corrected chi connectivity index (χ0v) is 11.8. The molecule has 0 aliphatic rings. The van der Waals surface area contributed by atoms with Crippen LogP contribution in [0.15, 0.2) is 36.4 Å². The molecule has 19 heavy (non-hydrogen) atoms. The van der Waals surface area contributed by atoms with Gasteiger partial charge in [0.25, 0.3) is 0 Å². The Morgan fingerprint density at radius 1 is 1.32 bits per heavy atom. The van der Waals surface area contributed by atoms with Crippen molar-refractivity contribution >= 4 is 17.2 Å². The number of nitrogens with zero attached hydrogens (tertiary/aromatic N) is 1. The van der Waals surface area contributed by atoms with Gasteiger partial charge in [0.2, 0.25) is 5.88 Å². The van der Waals surface area contributed by atoms with Gasteiger partial charge in [0.05, 0.1) is 5.56 Å². The van der Waals surface area contributed by atoms with Crippen LogP contribution in [0.25, 0.3) is 0 Å². The standard InChI is InChI=1S/C15H16N2OS/c1-3-11-5-4-6-12(9-11)18-15-13(14(16)19)8-7-10(2)17-15/h4-9H,3H2,1-2H3,(H2,16,19). The maximum absolute atomic E-state index is 5.82. The lowest BCUT2D eigenvalue weighted by atomic mass is 10.2. The number of thiocarbonyl (C=S) groups is 1. The van der Waals surface area contributed by atoms with Crippen LogP contribution in [0.3, 0.4) is 0 Å². The number of ether oxygens (including phenoxy) is 1. The summed E-state index contributed by atoms with van der Waals surface area (Å²) in [4.78, 5) is 4.64. The molecule has 2 aromatic rings. The number of aryl methyl sites for hydroxylation is 2. The quantitative estimate of drug-likeness (QED) is 0.867. The summed E-state index contributed by atoms with van der Waals surface area (Å²) in [6.07, 6.45) is 0.959. The van der Waals surface area contributed by atoms with Gasteiger partial charge in [-0.1, -0.05) is 31.3 Å². The Balaban J connectivity index is 2.36. The van der Waals surface area contributed by atoms with Crippen molar-refractivity contribution in [3.63, 3.8) is 0 Å². The van der Waals surface area contributed by atoms with E-state index in [0.717, 1.165) is 17.9 Å². The summed E-state index contributed by atoms with van der Waals surface area (Å²) >= 11 is 5.02. The molecule has 0 atom stereocenters. The molecule has 0 saturated carbocycles. The Morgan fingerprint density at radius 3 is 2.79 bits per heavy atom. The number of aromatic nitrogens is 1. The minimum absolute atomic E-state index is 0.286. The van der Waals surface area contributed by atoms with Crippen molar-refractivity contribution in [1.29, 1.82) is 0 Å². The Hall–Kier alpha value is -1.94. The lowest BCUT2D eigenvalue weighted by molar-refractivity contribution is 0.460. The number of pyridine rings is 1. The molecular formula is C15H16N2OS. The van der Waals surface area contributed by atoms with Crippen molar-refractivity contribution in [3.05, 3.63) is 53.2 Å². The highest BCUT2D eigenvalue weighted by Gasteiger charge is 2.09. The van der Waals surface area contributed by atoms with E-state index in [0.29, 0.717) is 11.4 Å². The van der Waals surface area contributed by atoms with Gasteiger partial charge in [0.15, 0.2) is 0 Å². The van der Waals surface area contributed by atoms with E-state index in [1.165, 1.54) is 5.56 Å². The van der Waals surface area contributed by atoms with Gasteiger partial charge < -0.3 is 10.5 Å². The Kier molecular flexibility index (Phi) is 4.12. The number of nitrogens with two attached hydrogens (primary N) is 1. The first-order valence-corrected chi connectivity index (χ1v) is 6.55. The van der Waals surface area contributed by atoms with Crippen molar-refractivity contribution in [3.8, 4) is 11.6 Å². The number of hydrogen-bond donors (Lipinski definition) is 1. The van der Waals surface area contributed by atoms with Crippen LogP contribution < -0.4 is 10.5 Å². The maximum Gasteiger partial charge on any atom is 0.229 e. The second-order valence-electron chi connectivity index (χ2n) is 4.27. The third-order valence-corrected chi connectivity index (χ3v) is 3.01. The summed E-state index contributed by atoms with van der Waals surface area (Å²) in [7, 11) is 0. The van der Waals surface area contributed by atoms with E-state index in [1.54, 1.807) is 0 Å². The number of benzene rings is 1. The van der Waals surface area contributed by atoms with E-state index in [-0.39, 0.29) is 4.99 Å². The molecular weight excluding hydrogens is 256 g/mol.